The smallest absolute Gasteiger partial charge is 0.191 e. The van der Waals surface area contributed by atoms with Crippen molar-refractivity contribution in [1.29, 1.82) is 0 Å². The van der Waals surface area contributed by atoms with Gasteiger partial charge in [0.15, 0.2) is 5.96 Å². The molecule has 0 spiro atoms. The summed E-state index contributed by atoms with van der Waals surface area (Å²) in [6.07, 6.45) is 7.47. The molecule has 22 heavy (non-hydrogen) atoms. The van der Waals surface area contributed by atoms with Crippen LogP contribution in [-0.2, 0) is 4.74 Å². The minimum Gasteiger partial charge on any atom is -0.382 e. The molecule has 0 rings (SSSR count). The van der Waals surface area contributed by atoms with Gasteiger partial charge in [0.05, 0.1) is 0 Å². The third kappa shape index (κ3) is 15.6. The van der Waals surface area contributed by atoms with Crippen molar-refractivity contribution in [3.05, 3.63) is 0 Å². The predicted molar refractivity (Wildman–Crippen MR) is 96.7 cm³/mol. The summed E-state index contributed by atoms with van der Waals surface area (Å²) in [6.45, 7) is 9.64. The average Bonchev–Trinajstić information content (AvgIpc) is 2.49. The monoisotopic (exact) mass is 314 g/mol. The molecule has 2 N–H and O–H groups in total. The van der Waals surface area contributed by atoms with E-state index in [0.717, 1.165) is 45.2 Å². The predicted octanol–water partition coefficient (Wildman–Crippen LogP) is 2.48. The lowest BCUT2D eigenvalue weighted by molar-refractivity contribution is 0.146. The highest BCUT2D eigenvalue weighted by Crippen LogP contribution is 2.02. The van der Waals surface area contributed by atoms with Gasteiger partial charge in [0.1, 0.15) is 0 Å². The molecule has 5 heteroatoms. The van der Waals surface area contributed by atoms with Crippen LogP contribution in [0.4, 0.5) is 0 Å². The third-order valence-corrected chi connectivity index (χ3v) is 3.34. The molecule has 0 saturated carbocycles. The second-order valence-electron chi connectivity index (χ2n) is 5.81. The molecule has 0 amide bonds. The zero-order chi connectivity index (χ0) is 16.5. The molecule has 0 unspecified atom stereocenters. The number of nitrogens with zero attached hydrogens (tertiary/aromatic N) is 2. The fourth-order valence-electron chi connectivity index (χ4n) is 2.13. The molecule has 0 aromatic carbocycles. The van der Waals surface area contributed by atoms with E-state index in [-0.39, 0.29) is 0 Å². The van der Waals surface area contributed by atoms with Gasteiger partial charge in [-0.25, -0.2) is 0 Å². The van der Waals surface area contributed by atoms with Gasteiger partial charge in [-0.2, -0.15) is 0 Å². The number of hydrogen-bond acceptors (Lipinski definition) is 3. The van der Waals surface area contributed by atoms with Gasteiger partial charge in [0.2, 0.25) is 0 Å². The van der Waals surface area contributed by atoms with Gasteiger partial charge in [-0.1, -0.05) is 19.3 Å². The molecule has 0 aromatic rings. The van der Waals surface area contributed by atoms with E-state index < -0.39 is 0 Å². The molecular formula is C17H38N4O. The van der Waals surface area contributed by atoms with Crippen molar-refractivity contribution in [1.82, 2.24) is 15.5 Å². The number of aliphatic imine (C=N–C) groups is 1. The first-order valence-electron chi connectivity index (χ1n) is 8.95. The van der Waals surface area contributed by atoms with E-state index in [1.165, 1.54) is 38.6 Å². The van der Waals surface area contributed by atoms with E-state index in [1.807, 2.05) is 6.92 Å². The Morgan fingerprint density at radius 3 is 2.36 bits per heavy atom. The van der Waals surface area contributed by atoms with E-state index in [1.54, 1.807) is 0 Å². The molecule has 132 valence electrons. The quantitative estimate of drug-likeness (QED) is 0.294. The Morgan fingerprint density at radius 1 is 0.955 bits per heavy atom. The van der Waals surface area contributed by atoms with Gasteiger partial charge in [-0.15, -0.1) is 0 Å². The molecule has 0 aliphatic heterocycles. The maximum atomic E-state index is 5.32. The van der Waals surface area contributed by atoms with Crippen molar-refractivity contribution in [3.63, 3.8) is 0 Å². The highest BCUT2D eigenvalue weighted by Gasteiger charge is 1.97. The standard InChI is InChI=1S/C17H38N4O/c1-5-18-17(20-14-12-16-22-6-2)19-13-10-8-7-9-11-15-21(3)4/h5-16H2,1-4H3,(H2,18,19,20). The van der Waals surface area contributed by atoms with Crippen molar-refractivity contribution in [3.8, 4) is 0 Å². The summed E-state index contributed by atoms with van der Waals surface area (Å²) in [7, 11) is 4.28. The summed E-state index contributed by atoms with van der Waals surface area (Å²) in [5.74, 6) is 0.937. The number of unbranched alkanes of at least 4 members (excludes halogenated alkanes) is 4. The molecule has 0 aromatic heterocycles. The first kappa shape index (κ1) is 21.2. The molecule has 5 nitrogen and oxygen atoms in total. The van der Waals surface area contributed by atoms with Crippen LogP contribution in [0.15, 0.2) is 4.99 Å². The second-order valence-corrected chi connectivity index (χ2v) is 5.81. The lowest BCUT2D eigenvalue weighted by Crippen LogP contribution is -2.37. The van der Waals surface area contributed by atoms with E-state index in [9.17, 15) is 0 Å². The molecule has 0 aliphatic carbocycles. The summed E-state index contributed by atoms with van der Waals surface area (Å²) >= 11 is 0. The number of guanidine groups is 1. The fourth-order valence-corrected chi connectivity index (χ4v) is 2.13. The largest absolute Gasteiger partial charge is 0.382 e. The topological polar surface area (TPSA) is 48.9 Å². The van der Waals surface area contributed by atoms with Crippen LogP contribution in [0.2, 0.25) is 0 Å². The van der Waals surface area contributed by atoms with Gasteiger partial charge in [-0.05, 0) is 53.8 Å². The maximum absolute atomic E-state index is 5.32. The molecule has 0 heterocycles. The van der Waals surface area contributed by atoms with E-state index in [4.69, 9.17) is 4.74 Å². The molecule has 0 fully saturated rings. The minimum absolute atomic E-state index is 0.788. The molecule has 0 atom stereocenters. The van der Waals surface area contributed by atoms with Crippen LogP contribution in [0.5, 0.6) is 0 Å². The fraction of sp³-hybridized carbons (Fsp3) is 0.941. The van der Waals surface area contributed by atoms with Gasteiger partial charge >= 0.3 is 0 Å². The normalized spacial score (nSPS) is 12.0. The number of nitrogens with one attached hydrogen (secondary N) is 2. The molecule has 0 bridgehead atoms. The van der Waals surface area contributed by atoms with Crippen molar-refractivity contribution in [2.45, 2.75) is 52.4 Å². The minimum atomic E-state index is 0.788. The molecule has 0 radical (unpaired) electrons. The summed E-state index contributed by atoms with van der Waals surface area (Å²) < 4.78 is 5.32. The maximum Gasteiger partial charge on any atom is 0.191 e. The van der Waals surface area contributed by atoms with Gasteiger partial charge in [0.25, 0.3) is 0 Å². The van der Waals surface area contributed by atoms with E-state index >= 15 is 0 Å². The van der Waals surface area contributed by atoms with Crippen LogP contribution < -0.4 is 10.6 Å². The Hall–Kier alpha value is -0.810. The number of ether oxygens (including phenoxy) is 1. The van der Waals surface area contributed by atoms with Crippen molar-refractivity contribution >= 4 is 5.96 Å². The zero-order valence-corrected chi connectivity index (χ0v) is 15.3. The summed E-state index contributed by atoms with van der Waals surface area (Å²) in [5, 5.41) is 6.70. The summed E-state index contributed by atoms with van der Waals surface area (Å²) in [6, 6.07) is 0. The molecule has 0 saturated heterocycles. The zero-order valence-electron chi connectivity index (χ0n) is 15.3. The van der Waals surface area contributed by atoms with Crippen molar-refractivity contribution in [2.75, 3.05) is 53.5 Å². The average molecular weight is 315 g/mol. The first-order chi connectivity index (χ1) is 10.7. The van der Waals surface area contributed by atoms with Crippen LogP contribution in [0.25, 0.3) is 0 Å². The number of hydrogen-bond donors (Lipinski definition) is 2. The van der Waals surface area contributed by atoms with Gasteiger partial charge < -0.3 is 20.3 Å². The SMILES string of the molecule is CCNC(=NCCCOCC)NCCCCCCCN(C)C. The Morgan fingerprint density at radius 2 is 1.68 bits per heavy atom. The summed E-state index contributed by atoms with van der Waals surface area (Å²) in [5.41, 5.74) is 0. The lowest BCUT2D eigenvalue weighted by Gasteiger charge is -2.11. The highest BCUT2D eigenvalue weighted by molar-refractivity contribution is 5.79. The Bertz CT molecular complexity index is 257. The first-order valence-corrected chi connectivity index (χ1v) is 8.95. The van der Waals surface area contributed by atoms with Gasteiger partial charge in [0, 0.05) is 32.8 Å². The second kappa shape index (κ2) is 16.6. The van der Waals surface area contributed by atoms with Crippen LogP contribution in [0.3, 0.4) is 0 Å². The summed E-state index contributed by atoms with van der Waals surface area (Å²) in [4.78, 5) is 6.82. The van der Waals surface area contributed by atoms with Crippen LogP contribution >= 0.6 is 0 Å². The Kier molecular flexibility index (Phi) is 15.9. The van der Waals surface area contributed by atoms with Crippen molar-refractivity contribution < 1.29 is 4.74 Å². The van der Waals surface area contributed by atoms with E-state index in [0.29, 0.717) is 0 Å². The molecule has 0 aliphatic rings. The lowest BCUT2D eigenvalue weighted by atomic mass is 10.1. The van der Waals surface area contributed by atoms with Crippen LogP contribution in [-0.4, -0.2) is 64.3 Å². The number of rotatable bonds is 14. The van der Waals surface area contributed by atoms with E-state index in [2.05, 4.69) is 41.5 Å². The van der Waals surface area contributed by atoms with Crippen LogP contribution in [0.1, 0.15) is 52.4 Å². The van der Waals surface area contributed by atoms with Crippen LogP contribution in [0, 0.1) is 0 Å². The van der Waals surface area contributed by atoms with Gasteiger partial charge in [-0.3, -0.25) is 4.99 Å². The highest BCUT2D eigenvalue weighted by atomic mass is 16.5. The van der Waals surface area contributed by atoms with Crippen molar-refractivity contribution in [2.24, 2.45) is 4.99 Å². The Labute approximate surface area is 137 Å². The molecular weight excluding hydrogens is 276 g/mol. The third-order valence-electron chi connectivity index (χ3n) is 3.34. The Balaban J connectivity index is 3.57.